The minimum absolute atomic E-state index is 1.26. The minimum atomic E-state index is 1.26. The third-order valence-electron chi connectivity index (χ3n) is 8.25. The van der Waals surface area contributed by atoms with Crippen LogP contribution in [0, 0.1) is 0 Å². The molecule has 0 fully saturated rings. The zero-order chi connectivity index (χ0) is 26.7. The molecule has 0 saturated carbocycles. The minimum Gasteiger partial charge on any atom is -0.207 e. The van der Waals surface area contributed by atoms with Gasteiger partial charge < -0.3 is 0 Å². The van der Waals surface area contributed by atoms with Gasteiger partial charge in [-0.3, -0.25) is 0 Å². The Morgan fingerprint density at radius 1 is 0.378 bits per heavy atom. The van der Waals surface area contributed by atoms with Gasteiger partial charge in [0.2, 0.25) is 0 Å². The molecule has 0 aliphatic rings. The monoisotopic (exact) mass is 515 g/mol. The van der Waals surface area contributed by atoms with Crippen LogP contribution in [0.5, 0.6) is 0 Å². The van der Waals surface area contributed by atoms with E-state index in [2.05, 4.69) is 43.9 Å². The van der Waals surface area contributed by atoms with Gasteiger partial charge in [-0.2, -0.15) is 0 Å². The molecular formula is C36H68N+. The average Bonchev–Trinajstić information content (AvgIpc) is 2.89. The summed E-state index contributed by atoms with van der Waals surface area (Å²) in [6.45, 7) is 4.61. The van der Waals surface area contributed by atoms with Crippen molar-refractivity contribution in [3.8, 4) is 0 Å². The van der Waals surface area contributed by atoms with E-state index in [4.69, 9.17) is 0 Å². The first kappa shape index (κ1) is 34.2. The molecule has 0 amide bonds. The lowest BCUT2D eigenvalue weighted by molar-refractivity contribution is -0.672. The van der Waals surface area contributed by atoms with E-state index in [0.29, 0.717) is 0 Å². The molecule has 0 saturated heterocycles. The first-order chi connectivity index (χ1) is 18.3. The molecule has 0 spiro atoms. The molecule has 0 aliphatic carbocycles. The lowest BCUT2D eigenvalue weighted by Gasteiger charge is -2.06. The van der Waals surface area contributed by atoms with E-state index in [0.717, 1.165) is 0 Å². The number of nitrogens with zero attached hydrogens (tertiary/aromatic N) is 1. The molecule has 0 atom stereocenters. The van der Waals surface area contributed by atoms with Gasteiger partial charge in [0.05, 0.1) is 0 Å². The van der Waals surface area contributed by atoms with Gasteiger partial charge in [-0.25, -0.2) is 4.57 Å². The summed E-state index contributed by atoms with van der Waals surface area (Å²) in [6, 6.07) is 2.50. The third-order valence-corrected chi connectivity index (χ3v) is 8.25. The first-order valence-corrected chi connectivity index (χ1v) is 17.2. The molecule has 0 bridgehead atoms. The summed E-state index contributed by atoms with van der Waals surface area (Å²) in [5, 5.41) is 0. The maximum atomic E-state index is 2.50. The van der Waals surface area contributed by atoms with Gasteiger partial charge in [0, 0.05) is 11.1 Å². The molecule has 0 aliphatic heterocycles. The van der Waals surface area contributed by atoms with Gasteiger partial charge in [0.1, 0.15) is 7.05 Å². The first-order valence-electron chi connectivity index (χ1n) is 17.2. The highest BCUT2D eigenvalue weighted by Crippen LogP contribution is 2.16. The van der Waals surface area contributed by atoms with Crippen LogP contribution >= 0.6 is 0 Å². The van der Waals surface area contributed by atoms with Crippen LogP contribution in [0.25, 0.3) is 0 Å². The Morgan fingerprint density at radius 2 is 0.622 bits per heavy atom. The Labute approximate surface area is 234 Å². The van der Waals surface area contributed by atoms with Gasteiger partial charge in [-0.1, -0.05) is 168 Å². The fourth-order valence-corrected chi connectivity index (χ4v) is 5.84. The highest BCUT2D eigenvalue weighted by molar-refractivity contribution is 5.15. The summed E-state index contributed by atoms with van der Waals surface area (Å²) < 4.78 is 2.30. The molecule has 1 aromatic rings. The maximum Gasteiger partial charge on any atom is 0.171 e. The highest BCUT2D eigenvalue weighted by atomic mass is 14.9. The molecule has 1 nitrogen and oxygen atoms in total. The third kappa shape index (κ3) is 22.8. The summed E-state index contributed by atoms with van der Waals surface area (Å²) in [7, 11) is 2.21. The lowest BCUT2D eigenvalue weighted by atomic mass is 10.0. The van der Waals surface area contributed by atoms with Crippen LogP contribution in [0.2, 0.25) is 0 Å². The van der Waals surface area contributed by atoms with E-state index in [-0.39, 0.29) is 0 Å². The van der Waals surface area contributed by atoms with Crippen LogP contribution in [0.15, 0.2) is 18.5 Å². The molecule has 0 aromatic carbocycles. The standard InChI is InChI=1S/C36H68N/c1-4-6-8-10-12-14-16-18-20-22-24-26-28-30-35-32-36(34-37(3)33-35)31-29-27-25-23-21-19-17-15-13-11-9-7-5-2/h32-34H,4-31H2,1-3H3/q+1. The summed E-state index contributed by atoms with van der Waals surface area (Å²) in [5.41, 5.74) is 3.11. The van der Waals surface area contributed by atoms with Gasteiger partial charge in [-0.15, -0.1) is 0 Å². The second-order valence-electron chi connectivity index (χ2n) is 12.2. The second-order valence-corrected chi connectivity index (χ2v) is 12.2. The number of unbranched alkanes of at least 4 members (excludes halogenated alkanes) is 24. The van der Waals surface area contributed by atoms with Gasteiger partial charge in [0.25, 0.3) is 0 Å². The molecule has 1 aromatic heterocycles. The van der Waals surface area contributed by atoms with Crippen molar-refractivity contribution in [3.05, 3.63) is 29.6 Å². The number of hydrogen-bond donors (Lipinski definition) is 0. The molecule has 0 N–H and O–H groups in total. The Hall–Kier alpha value is -0.850. The number of rotatable bonds is 28. The van der Waals surface area contributed by atoms with E-state index < -0.39 is 0 Å². The predicted octanol–water partition coefficient (Wildman–Crippen LogP) is 11.8. The molecule has 1 rings (SSSR count). The molecule has 1 heterocycles. The summed E-state index contributed by atoms with van der Waals surface area (Å²) in [5.74, 6) is 0. The number of aryl methyl sites for hydroxylation is 3. The Kier molecular flexibility index (Phi) is 24.7. The topological polar surface area (TPSA) is 3.88 Å². The summed E-state index contributed by atoms with van der Waals surface area (Å²) >= 11 is 0. The Morgan fingerprint density at radius 3 is 0.892 bits per heavy atom. The van der Waals surface area contributed by atoms with Gasteiger partial charge in [0.15, 0.2) is 12.4 Å². The van der Waals surface area contributed by atoms with Crippen molar-refractivity contribution in [2.45, 2.75) is 194 Å². The van der Waals surface area contributed by atoms with Crippen molar-refractivity contribution in [1.82, 2.24) is 0 Å². The van der Waals surface area contributed by atoms with Crippen molar-refractivity contribution in [1.29, 1.82) is 0 Å². The fourth-order valence-electron chi connectivity index (χ4n) is 5.84. The quantitative estimate of drug-likeness (QED) is 0.0773. The van der Waals surface area contributed by atoms with Crippen molar-refractivity contribution in [3.63, 3.8) is 0 Å². The SMILES string of the molecule is CCCCCCCCCCCCCCCc1cc(CCCCCCCCCCCCCCC)c[n+](C)c1. The predicted molar refractivity (Wildman–Crippen MR) is 166 cm³/mol. The van der Waals surface area contributed by atoms with E-state index in [1.165, 1.54) is 180 Å². The van der Waals surface area contributed by atoms with Crippen LogP contribution < -0.4 is 4.57 Å². The van der Waals surface area contributed by atoms with Crippen molar-refractivity contribution in [2.75, 3.05) is 0 Å². The zero-order valence-electron chi connectivity index (χ0n) is 26.0. The molecule has 0 radical (unpaired) electrons. The number of pyridine rings is 1. The van der Waals surface area contributed by atoms with Crippen LogP contribution in [0.3, 0.4) is 0 Å². The summed E-state index contributed by atoms with van der Waals surface area (Å²) in [4.78, 5) is 0. The van der Waals surface area contributed by atoms with E-state index >= 15 is 0 Å². The smallest absolute Gasteiger partial charge is 0.171 e. The molecule has 37 heavy (non-hydrogen) atoms. The molecule has 1 heteroatoms. The molecular weight excluding hydrogens is 446 g/mol. The highest BCUT2D eigenvalue weighted by Gasteiger charge is 2.05. The average molecular weight is 515 g/mol. The van der Waals surface area contributed by atoms with Crippen LogP contribution in [-0.4, -0.2) is 0 Å². The van der Waals surface area contributed by atoms with Crippen LogP contribution in [0.4, 0.5) is 0 Å². The van der Waals surface area contributed by atoms with E-state index in [1.54, 1.807) is 11.1 Å². The normalized spacial score (nSPS) is 11.4. The number of aromatic nitrogens is 1. The largest absolute Gasteiger partial charge is 0.207 e. The van der Waals surface area contributed by atoms with Crippen molar-refractivity contribution >= 4 is 0 Å². The second kappa shape index (κ2) is 26.7. The number of hydrogen-bond acceptors (Lipinski definition) is 0. The molecule has 0 unspecified atom stereocenters. The van der Waals surface area contributed by atoms with Crippen LogP contribution in [-0.2, 0) is 19.9 Å². The van der Waals surface area contributed by atoms with E-state index in [1.807, 2.05) is 0 Å². The Balaban J connectivity index is 1.97. The van der Waals surface area contributed by atoms with Crippen molar-refractivity contribution < 1.29 is 4.57 Å². The zero-order valence-corrected chi connectivity index (χ0v) is 26.0. The summed E-state index contributed by atoms with van der Waals surface area (Å²) in [6.07, 6.45) is 44.6. The molecule has 216 valence electrons. The van der Waals surface area contributed by atoms with Gasteiger partial charge >= 0.3 is 0 Å². The van der Waals surface area contributed by atoms with Crippen LogP contribution in [0.1, 0.15) is 192 Å². The maximum absolute atomic E-state index is 2.50. The van der Waals surface area contributed by atoms with Crippen molar-refractivity contribution in [2.24, 2.45) is 7.05 Å². The van der Waals surface area contributed by atoms with Gasteiger partial charge in [-0.05, 0) is 31.7 Å². The lowest BCUT2D eigenvalue weighted by Crippen LogP contribution is -2.28. The Bertz CT molecular complexity index is 544. The van der Waals surface area contributed by atoms with E-state index in [9.17, 15) is 0 Å². The fraction of sp³-hybridized carbons (Fsp3) is 0.861.